The van der Waals surface area contributed by atoms with Gasteiger partial charge in [0, 0.05) is 45.1 Å². The van der Waals surface area contributed by atoms with E-state index < -0.39 is 30.8 Å². The van der Waals surface area contributed by atoms with E-state index in [1.165, 1.54) is 4.90 Å². The lowest BCUT2D eigenvalue weighted by molar-refractivity contribution is -0.164. The molecule has 9 heteroatoms. The van der Waals surface area contributed by atoms with Crippen LogP contribution in [0.15, 0.2) is 54.6 Å². The van der Waals surface area contributed by atoms with E-state index in [-0.39, 0.29) is 24.3 Å². The van der Waals surface area contributed by atoms with Crippen LogP contribution < -0.4 is 15.4 Å². The minimum absolute atomic E-state index is 0.124. The van der Waals surface area contributed by atoms with Gasteiger partial charge in [0.15, 0.2) is 0 Å². The monoisotopic (exact) mass is 500 g/mol. The third kappa shape index (κ3) is 6.39. The van der Waals surface area contributed by atoms with Crippen LogP contribution in [-0.4, -0.2) is 73.0 Å². The Morgan fingerprint density at radius 2 is 1.83 bits per heavy atom. The first kappa shape index (κ1) is 26.0. The van der Waals surface area contributed by atoms with E-state index >= 15 is 0 Å². The number of hydrogen-bond acceptors (Lipinski definition) is 5. The molecule has 4 rings (SSSR count). The third-order valence-electron chi connectivity index (χ3n) is 6.93. The molecule has 0 bridgehead atoms. The Balaban J connectivity index is 1.53. The van der Waals surface area contributed by atoms with E-state index in [1.807, 2.05) is 66.5 Å². The smallest absolute Gasteiger partial charge is 0.252 e. The summed E-state index contributed by atoms with van der Waals surface area (Å²) < 4.78 is 33.0. The number of carbonyl (C=O) groups excluding carboxylic acids is 2. The molecule has 0 spiro atoms. The SMILES string of the molecule is COc1ccc(CCC(=O)N(C2CC(F)(F)C2)C(C(=O)NCc2ccccc2)C2CN(C)CN2)cc1. The summed E-state index contributed by atoms with van der Waals surface area (Å²) in [6, 6.07) is 15.0. The van der Waals surface area contributed by atoms with Gasteiger partial charge in [-0.1, -0.05) is 42.5 Å². The average Bonchev–Trinajstić information content (AvgIpc) is 3.29. The Kier molecular flexibility index (Phi) is 8.21. The molecule has 1 saturated carbocycles. The van der Waals surface area contributed by atoms with Crippen molar-refractivity contribution >= 4 is 11.8 Å². The number of benzene rings is 2. The van der Waals surface area contributed by atoms with Crippen LogP contribution in [0.2, 0.25) is 0 Å². The first-order valence-corrected chi connectivity index (χ1v) is 12.3. The Bertz CT molecular complexity index is 1030. The number of alkyl halides is 2. The molecule has 2 fully saturated rings. The standard InChI is InChI=1S/C27H34F2N4O3/c1-32-17-23(31-18-32)25(26(35)30-16-20-6-4-3-5-7-20)33(21-14-27(28,29)15-21)24(34)13-10-19-8-11-22(36-2)12-9-19/h3-9,11-12,21,23,25,31H,10,13-18H2,1-2H3,(H,30,35). The van der Waals surface area contributed by atoms with Gasteiger partial charge in [-0.15, -0.1) is 0 Å². The molecule has 1 saturated heterocycles. The van der Waals surface area contributed by atoms with Crippen LogP contribution in [0, 0.1) is 0 Å². The Hall–Kier alpha value is -3.04. The maximum absolute atomic E-state index is 13.9. The van der Waals surface area contributed by atoms with Crippen molar-refractivity contribution in [3.05, 3.63) is 65.7 Å². The van der Waals surface area contributed by atoms with E-state index in [4.69, 9.17) is 4.74 Å². The van der Waals surface area contributed by atoms with Crippen molar-refractivity contribution in [2.24, 2.45) is 0 Å². The molecule has 1 heterocycles. The second kappa shape index (κ2) is 11.3. The first-order chi connectivity index (χ1) is 17.3. The van der Waals surface area contributed by atoms with E-state index in [1.54, 1.807) is 7.11 Å². The van der Waals surface area contributed by atoms with Gasteiger partial charge in [-0.3, -0.25) is 19.8 Å². The van der Waals surface area contributed by atoms with E-state index in [0.29, 0.717) is 26.2 Å². The maximum atomic E-state index is 13.9. The number of likely N-dealkylation sites (N-methyl/N-ethyl adjacent to an activating group) is 1. The zero-order valence-corrected chi connectivity index (χ0v) is 20.8. The highest BCUT2D eigenvalue weighted by Gasteiger charge is 2.53. The molecule has 1 aliphatic heterocycles. The molecule has 0 aromatic heterocycles. The summed E-state index contributed by atoms with van der Waals surface area (Å²) in [5, 5.41) is 6.24. The van der Waals surface area contributed by atoms with Gasteiger partial charge in [0.05, 0.1) is 13.2 Å². The number of carbonyl (C=O) groups is 2. The zero-order valence-electron chi connectivity index (χ0n) is 20.8. The molecule has 0 radical (unpaired) electrons. The second-order valence-electron chi connectivity index (χ2n) is 9.72. The highest BCUT2D eigenvalue weighted by molar-refractivity contribution is 5.89. The summed E-state index contributed by atoms with van der Waals surface area (Å²) in [6.07, 6.45) is -0.281. The van der Waals surface area contributed by atoms with Gasteiger partial charge < -0.3 is 15.0 Å². The largest absolute Gasteiger partial charge is 0.497 e. The van der Waals surface area contributed by atoms with Crippen molar-refractivity contribution < 1.29 is 23.1 Å². The van der Waals surface area contributed by atoms with Crippen molar-refractivity contribution in [3.8, 4) is 5.75 Å². The molecule has 2 amide bonds. The summed E-state index contributed by atoms with van der Waals surface area (Å²) in [5.41, 5.74) is 1.86. The van der Waals surface area contributed by atoms with Gasteiger partial charge >= 0.3 is 0 Å². The van der Waals surface area contributed by atoms with Gasteiger partial charge in [0.1, 0.15) is 11.8 Å². The number of methoxy groups -OCH3 is 1. The fourth-order valence-corrected chi connectivity index (χ4v) is 4.93. The van der Waals surface area contributed by atoms with Crippen LogP contribution in [0.25, 0.3) is 0 Å². The van der Waals surface area contributed by atoms with Crippen molar-refractivity contribution in [3.63, 3.8) is 0 Å². The van der Waals surface area contributed by atoms with E-state index in [9.17, 15) is 18.4 Å². The molecule has 2 N–H and O–H groups in total. The van der Waals surface area contributed by atoms with Crippen LogP contribution in [0.4, 0.5) is 8.78 Å². The zero-order chi connectivity index (χ0) is 25.7. The highest BCUT2D eigenvalue weighted by atomic mass is 19.3. The number of rotatable bonds is 10. The van der Waals surface area contributed by atoms with Crippen molar-refractivity contribution in [1.82, 2.24) is 20.4 Å². The number of nitrogens with zero attached hydrogens (tertiary/aromatic N) is 2. The quantitative estimate of drug-likeness (QED) is 0.525. The topological polar surface area (TPSA) is 73.9 Å². The molecular formula is C27H34F2N4O3. The number of hydrogen-bond donors (Lipinski definition) is 2. The van der Waals surface area contributed by atoms with Gasteiger partial charge in [0.25, 0.3) is 5.92 Å². The Morgan fingerprint density at radius 1 is 1.14 bits per heavy atom. The van der Waals surface area contributed by atoms with E-state index in [2.05, 4.69) is 10.6 Å². The predicted octanol–water partition coefficient (Wildman–Crippen LogP) is 2.80. The fourth-order valence-electron chi connectivity index (χ4n) is 4.93. The van der Waals surface area contributed by atoms with Gasteiger partial charge in [0.2, 0.25) is 11.8 Å². The summed E-state index contributed by atoms with van der Waals surface area (Å²) in [7, 11) is 3.50. The number of ether oxygens (including phenoxy) is 1. The lowest BCUT2D eigenvalue weighted by Gasteiger charge is -2.47. The average molecular weight is 501 g/mol. The van der Waals surface area contributed by atoms with Gasteiger partial charge in [-0.25, -0.2) is 8.78 Å². The summed E-state index contributed by atoms with van der Waals surface area (Å²) in [6.45, 7) is 1.39. The van der Waals surface area contributed by atoms with Crippen molar-refractivity contribution in [2.75, 3.05) is 27.4 Å². The van der Waals surface area contributed by atoms with Crippen LogP contribution >= 0.6 is 0 Å². The third-order valence-corrected chi connectivity index (χ3v) is 6.93. The number of aryl methyl sites for hydroxylation is 1. The summed E-state index contributed by atoms with van der Waals surface area (Å²) in [4.78, 5) is 30.6. The summed E-state index contributed by atoms with van der Waals surface area (Å²) >= 11 is 0. The van der Waals surface area contributed by atoms with Crippen molar-refractivity contribution in [1.29, 1.82) is 0 Å². The highest BCUT2D eigenvalue weighted by Crippen LogP contribution is 2.42. The second-order valence-corrected chi connectivity index (χ2v) is 9.72. The molecule has 2 aromatic rings. The molecule has 2 aromatic carbocycles. The normalized spacial score (nSPS) is 20.4. The minimum Gasteiger partial charge on any atom is -0.497 e. The molecule has 2 aliphatic rings. The van der Waals surface area contributed by atoms with Crippen LogP contribution in [-0.2, 0) is 22.6 Å². The number of halogens is 2. The first-order valence-electron chi connectivity index (χ1n) is 12.3. The molecule has 7 nitrogen and oxygen atoms in total. The predicted molar refractivity (Wildman–Crippen MR) is 133 cm³/mol. The maximum Gasteiger partial charge on any atom is 0.252 e. The van der Waals surface area contributed by atoms with Crippen molar-refractivity contribution in [2.45, 2.75) is 56.3 Å². The van der Waals surface area contributed by atoms with Crippen LogP contribution in [0.1, 0.15) is 30.4 Å². The minimum atomic E-state index is -2.82. The number of amides is 2. The molecular weight excluding hydrogens is 466 g/mol. The lowest BCUT2D eigenvalue weighted by Crippen LogP contribution is -2.65. The van der Waals surface area contributed by atoms with Gasteiger partial charge in [-0.2, -0.15) is 0 Å². The van der Waals surface area contributed by atoms with Gasteiger partial charge in [-0.05, 0) is 36.7 Å². The molecule has 194 valence electrons. The number of nitrogens with one attached hydrogen (secondary N) is 2. The lowest BCUT2D eigenvalue weighted by atomic mass is 9.84. The molecule has 2 unspecified atom stereocenters. The molecule has 36 heavy (non-hydrogen) atoms. The van der Waals surface area contributed by atoms with Crippen LogP contribution in [0.5, 0.6) is 5.75 Å². The molecule has 1 aliphatic carbocycles. The Morgan fingerprint density at radius 3 is 2.42 bits per heavy atom. The summed E-state index contributed by atoms with van der Waals surface area (Å²) in [5.74, 6) is -2.72. The Labute approximate surface area is 210 Å². The van der Waals surface area contributed by atoms with E-state index in [0.717, 1.165) is 16.9 Å². The molecule has 2 atom stereocenters. The fraction of sp³-hybridized carbons (Fsp3) is 0.481. The van der Waals surface area contributed by atoms with Crippen LogP contribution in [0.3, 0.4) is 0 Å².